The number of rotatable bonds is 0. The van der Waals surface area contributed by atoms with Crippen molar-refractivity contribution in [3.8, 4) is 0 Å². The van der Waals surface area contributed by atoms with E-state index in [9.17, 15) is 0 Å². The molecular formula is C3H2CaCeF3O10Th. The van der Waals surface area contributed by atoms with Crippen LogP contribution in [0.3, 0.4) is 0 Å². The van der Waals surface area contributed by atoms with E-state index in [1.165, 1.54) is 0 Å². The second kappa shape index (κ2) is 60.5. The van der Waals surface area contributed by atoms with E-state index in [-0.39, 0.29) is 139 Å². The molecule has 1 radical (unpaired) electrons. The fourth-order valence-electron chi connectivity index (χ4n) is 0. The van der Waals surface area contributed by atoms with E-state index in [1.807, 2.05) is 0 Å². The molecule has 0 rings (SSSR count). The number of carboxylic acid groups (broad SMARTS) is 6. The third kappa shape index (κ3) is 2590. The molecule has 0 unspecified atom stereocenters. The van der Waals surface area contributed by atoms with Gasteiger partial charge in [-0.15, -0.1) is 0 Å². The predicted octanol–water partition coefficient (Wildman–Crippen LogP) is -17.5. The van der Waals surface area contributed by atoms with E-state index in [1.54, 1.807) is 0 Å². The molecule has 0 aliphatic carbocycles. The van der Waals surface area contributed by atoms with Crippen molar-refractivity contribution in [1.29, 1.82) is 0 Å². The normalized spacial score (nSPS) is 3.79. The molecule has 0 saturated carbocycles. The van der Waals surface area contributed by atoms with Gasteiger partial charge in [-0.2, -0.15) is 0 Å². The third-order valence-electron chi connectivity index (χ3n) is 0. The minimum atomic E-state index is -2.33. The Morgan fingerprint density at radius 1 is 0.579 bits per heavy atom. The van der Waals surface area contributed by atoms with Crippen molar-refractivity contribution >= 4 is 56.2 Å². The first kappa shape index (κ1) is 70.6. The Bertz CT molecular complexity index is 136. The molecule has 10 nitrogen and oxygen atoms in total. The van der Waals surface area contributed by atoms with Gasteiger partial charge in [-0.05, 0) is 18.5 Å². The number of carbonyl (C=O) groups is 3. The molecule has 0 saturated heterocycles. The predicted molar refractivity (Wildman–Crippen MR) is 25.6 cm³/mol. The Labute approximate surface area is 199 Å². The van der Waals surface area contributed by atoms with Crippen molar-refractivity contribution in [2.24, 2.45) is 0 Å². The zero-order valence-electron chi connectivity index (χ0n) is 8.52. The summed E-state index contributed by atoms with van der Waals surface area (Å²) in [5.41, 5.74) is 0. The number of hydrogen-bond donors (Lipinski definition) is 0. The van der Waals surface area contributed by atoms with Crippen LogP contribution in [0.25, 0.3) is 0 Å². The minimum absolute atomic E-state index is 0. The number of halogens is 3. The average molecular weight is 667 g/mol. The molecule has 0 aromatic heterocycles. The van der Waals surface area contributed by atoms with Crippen LogP contribution in [0.4, 0.5) is 14.4 Å². The quantitative estimate of drug-likeness (QED) is 0.224. The van der Waals surface area contributed by atoms with E-state index in [0.29, 0.717) is 0 Å². The standard InChI is InChI=1S/3CH2O3.Ca.Ce.3FH.H2O.Th/c3*2-1(3)4;;;;;;;/h3*(H2,2,3,4);;;3*1H;1H2;/q;;;+2;+3;;;;;+4/p-9. The van der Waals surface area contributed by atoms with Crippen molar-refractivity contribution in [1.82, 2.24) is 0 Å². The zero-order valence-corrected chi connectivity index (χ0v) is 18.0. The van der Waals surface area contributed by atoms with Gasteiger partial charge in [-0.25, -0.2) is 0 Å². The molecule has 16 heteroatoms. The zero-order chi connectivity index (χ0) is 10.7. The summed E-state index contributed by atoms with van der Waals surface area (Å²) in [4.78, 5) is 25.0. The van der Waals surface area contributed by atoms with Crippen LogP contribution in [0.2, 0.25) is 0 Å². The van der Waals surface area contributed by atoms with Crippen LogP contribution in [-0.2, 0) is 0 Å². The molecule has 105 valence electrons. The molecule has 0 amide bonds. The Morgan fingerprint density at radius 2 is 0.579 bits per heavy atom. The molecule has 0 aliphatic rings. The SMILES string of the molecule is O.O=C([O-])[O-].O=C([O-])[O-].O=C([O-])[O-].[Ca+2].[Ce+3].[F-].[F-].[F-].[Th+4]. The van der Waals surface area contributed by atoms with Gasteiger partial charge in [0.25, 0.3) is 0 Å². The third-order valence-corrected chi connectivity index (χ3v) is 0. The van der Waals surface area contributed by atoms with Gasteiger partial charge < -0.3 is 64.6 Å². The van der Waals surface area contributed by atoms with Gasteiger partial charge in [-0.3, -0.25) is 0 Å². The summed E-state index contributed by atoms with van der Waals surface area (Å²) in [5, 5.41) is 50.0. The summed E-state index contributed by atoms with van der Waals surface area (Å²) in [7, 11) is 0. The fraction of sp³-hybridized carbons (Fsp3) is 0. The summed E-state index contributed by atoms with van der Waals surface area (Å²) < 4.78 is 0. The maximum Gasteiger partial charge on any atom is 4.00 e. The molecule has 0 spiro atoms. The molecule has 2 N–H and O–H groups in total. The largest absolute Gasteiger partial charge is 4.00 e. The van der Waals surface area contributed by atoms with Gasteiger partial charge in [0, 0.05) is 0 Å². The molecule has 19 heavy (non-hydrogen) atoms. The van der Waals surface area contributed by atoms with E-state index in [2.05, 4.69) is 0 Å². The van der Waals surface area contributed by atoms with Crippen molar-refractivity contribution in [3.63, 3.8) is 0 Å². The van der Waals surface area contributed by atoms with E-state index >= 15 is 0 Å². The van der Waals surface area contributed by atoms with Gasteiger partial charge in [-0.1, -0.05) is 0 Å². The summed E-state index contributed by atoms with van der Waals surface area (Å²) in [5.74, 6) is 0. The van der Waals surface area contributed by atoms with Crippen molar-refractivity contribution < 1.29 is 146 Å². The average Bonchev–Trinajstić information content (AvgIpc) is 1.54. The van der Waals surface area contributed by atoms with Crippen LogP contribution in [0, 0.1) is 81.7 Å². The molecular weight excluding hydrogens is 665 g/mol. The second-order valence-electron chi connectivity index (χ2n) is 0.750. The molecule has 0 fully saturated rings. The molecule has 0 aromatic rings. The van der Waals surface area contributed by atoms with Gasteiger partial charge in [0.1, 0.15) is 0 Å². The first-order valence-corrected chi connectivity index (χ1v) is 1.84. The monoisotopic (exact) mass is 667 g/mol. The maximum absolute atomic E-state index is 8.33. The Kier molecular flexibility index (Phi) is 225. The van der Waals surface area contributed by atoms with Crippen LogP contribution in [0.15, 0.2) is 0 Å². The van der Waals surface area contributed by atoms with E-state index < -0.39 is 18.5 Å². The molecule has 0 aliphatic heterocycles. The molecule has 0 bridgehead atoms. The first-order chi connectivity index (χ1) is 5.20. The van der Waals surface area contributed by atoms with Crippen LogP contribution in [0.1, 0.15) is 0 Å². The number of carbonyl (C=O) groups excluding carboxylic acids is 3. The molecule has 0 atom stereocenters. The van der Waals surface area contributed by atoms with Gasteiger partial charge in [0.15, 0.2) is 0 Å². The van der Waals surface area contributed by atoms with E-state index in [0.717, 1.165) is 0 Å². The smallest absolute Gasteiger partial charge is 1.00 e. The Balaban J connectivity index is -0.00000000675. The van der Waals surface area contributed by atoms with Crippen LogP contribution in [0.5, 0.6) is 0 Å². The van der Waals surface area contributed by atoms with Crippen molar-refractivity contribution in [2.45, 2.75) is 0 Å². The first-order valence-electron chi connectivity index (χ1n) is 1.84. The van der Waals surface area contributed by atoms with Gasteiger partial charge in [0.05, 0.1) is 0 Å². The second-order valence-corrected chi connectivity index (χ2v) is 0.750. The maximum atomic E-state index is 8.33. The van der Waals surface area contributed by atoms with E-state index in [4.69, 9.17) is 45.0 Å². The Hall–Kier alpha value is 1.52. The van der Waals surface area contributed by atoms with Crippen molar-refractivity contribution in [2.75, 3.05) is 0 Å². The van der Waals surface area contributed by atoms with Crippen LogP contribution in [-0.4, -0.2) is 61.7 Å². The van der Waals surface area contributed by atoms with Crippen LogP contribution >= 0.6 is 0 Å². The summed E-state index contributed by atoms with van der Waals surface area (Å²) in [6.07, 6.45) is -7.00. The van der Waals surface area contributed by atoms with Crippen LogP contribution < -0.4 is 44.8 Å². The van der Waals surface area contributed by atoms with Gasteiger partial charge >= 0.3 is 119 Å². The van der Waals surface area contributed by atoms with Crippen molar-refractivity contribution in [3.05, 3.63) is 0 Å². The molecule has 0 aromatic carbocycles. The summed E-state index contributed by atoms with van der Waals surface area (Å²) in [6.45, 7) is 0. The number of hydrogen-bond acceptors (Lipinski definition) is 9. The topological polar surface area (TPSA) is 221 Å². The van der Waals surface area contributed by atoms with Gasteiger partial charge in [0.2, 0.25) is 0 Å². The minimum Gasteiger partial charge on any atom is -1.00 e. The fourth-order valence-corrected chi connectivity index (χ4v) is 0. The Morgan fingerprint density at radius 3 is 0.579 bits per heavy atom. The summed E-state index contributed by atoms with van der Waals surface area (Å²) >= 11 is 0. The molecule has 0 heterocycles. The summed E-state index contributed by atoms with van der Waals surface area (Å²) in [6, 6.07) is 0.